The number of aliphatic carboxylic acids is 1. The van der Waals surface area contributed by atoms with E-state index >= 15 is 0 Å². The molecule has 5 nitrogen and oxygen atoms in total. The first-order valence-electron chi connectivity index (χ1n) is 5.31. The molecule has 0 saturated carbocycles. The number of carbonyl (C=O) groups is 1. The third-order valence-corrected chi connectivity index (χ3v) is 2.82. The standard InChI is InChI=1S/C11H18N2O3/c1-4-9-12-6-7-13(9)11(2,10(14)15)5-8-16-3/h6-7H,4-5,8H2,1-3H3,(H,14,15). The van der Waals surface area contributed by atoms with Crippen LogP contribution < -0.4 is 0 Å². The molecule has 1 unspecified atom stereocenters. The van der Waals surface area contributed by atoms with Crippen LogP contribution in [0.5, 0.6) is 0 Å². The zero-order valence-electron chi connectivity index (χ0n) is 9.93. The Morgan fingerprint density at radius 3 is 2.88 bits per heavy atom. The largest absolute Gasteiger partial charge is 0.479 e. The third-order valence-electron chi connectivity index (χ3n) is 2.82. The monoisotopic (exact) mass is 226 g/mol. The first-order valence-corrected chi connectivity index (χ1v) is 5.31. The number of hydrogen-bond acceptors (Lipinski definition) is 3. The molecule has 0 bridgehead atoms. The average Bonchev–Trinajstić information content (AvgIpc) is 2.73. The van der Waals surface area contributed by atoms with Crippen molar-refractivity contribution in [2.75, 3.05) is 13.7 Å². The van der Waals surface area contributed by atoms with E-state index in [1.807, 2.05) is 6.92 Å². The van der Waals surface area contributed by atoms with Gasteiger partial charge >= 0.3 is 5.97 Å². The molecule has 16 heavy (non-hydrogen) atoms. The zero-order valence-corrected chi connectivity index (χ0v) is 9.93. The number of aryl methyl sites for hydroxylation is 1. The molecular weight excluding hydrogens is 208 g/mol. The van der Waals surface area contributed by atoms with Crippen molar-refractivity contribution in [3.05, 3.63) is 18.2 Å². The van der Waals surface area contributed by atoms with E-state index in [9.17, 15) is 9.90 Å². The van der Waals surface area contributed by atoms with Crippen LogP contribution in [0.4, 0.5) is 0 Å². The summed E-state index contributed by atoms with van der Waals surface area (Å²) >= 11 is 0. The van der Waals surface area contributed by atoms with Crippen LogP contribution in [0.2, 0.25) is 0 Å². The fraction of sp³-hybridized carbons (Fsp3) is 0.636. The van der Waals surface area contributed by atoms with E-state index in [2.05, 4.69) is 4.98 Å². The van der Waals surface area contributed by atoms with E-state index in [1.54, 1.807) is 31.0 Å². The van der Waals surface area contributed by atoms with Crippen molar-refractivity contribution in [3.8, 4) is 0 Å². The Kier molecular flexibility index (Phi) is 4.06. The van der Waals surface area contributed by atoms with Crippen LogP contribution in [-0.2, 0) is 21.5 Å². The van der Waals surface area contributed by atoms with E-state index in [4.69, 9.17) is 4.74 Å². The van der Waals surface area contributed by atoms with E-state index in [1.165, 1.54) is 0 Å². The molecule has 1 N–H and O–H groups in total. The van der Waals surface area contributed by atoms with Gasteiger partial charge in [0.15, 0.2) is 0 Å². The Labute approximate surface area is 95.1 Å². The summed E-state index contributed by atoms with van der Waals surface area (Å²) in [5, 5.41) is 9.35. The van der Waals surface area contributed by atoms with Crippen molar-refractivity contribution in [2.45, 2.75) is 32.2 Å². The highest BCUT2D eigenvalue weighted by atomic mass is 16.5. The van der Waals surface area contributed by atoms with Gasteiger partial charge in [0.05, 0.1) is 0 Å². The SMILES string of the molecule is CCc1nccn1C(C)(CCOC)C(=O)O. The Morgan fingerprint density at radius 2 is 2.38 bits per heavy atom. The molecule has 0 fully saturated rings. The van der Waals surface area contributed by atoms with Crippen molar-refractivity contribution >= 4 is 5.97 Å². The number of aromatic nitrogens is 2. The molecule has 1 atom stereocenters. The molecule has 0 amide bonds. The maximum atomic E-state index is 11.4. The molecule has 1 heterocycles. The van der Waals surface area contributed by atoms with Crippen molar-refractivity contribution < 1.29 is 14.6 Å². The number of carboxylic acid groups (broad SMARTS) is 1. The molecule has 1 aromatic rings. The highest BCUT2D eigenvalue weighted by Crippen LogP contribution is 2.23. The summed E-state index contributed by atoms with van der Waals surface area (Å²) in [6, 6.07) is 0. The molecule has 0 saturated heterocycles. The maximum Gasteiger partial charge on any atom is 0.329 e. The summed E-state index contributed by atoms with van der Waals surface area (Å²) in [7, 11) is 1.57. The number of carboxylic acids is 1. The lowest BCUT2D eigenvalue weighted by Crippen LogP contribution is -2.40. The van der Waals surface area contributed by atoms with Gasteiger partial charge in [-0.25, -0.2) is 9.78 Å². The predicted octanol–water partition coefficient (Wildman–Crippen LogP) is 1.28. The molecule has 1 aromatic heterocycles. The lowest BCUT2D eigenvalue weighted by molar-refractivity contribution is -0.147. The van der Waals surface area contributed by atoms with Gasteiger partial charge in [-0.3, -0.25) is 0 Å². The highest BCUT2D eigenvalue weighted by molar-refractivity contribution is 5.76. The van der Waals surface area contributed by atoms with Crippen LogP contribution in [0.3, 0.4) is 0 Å². The van der Waals surface area contributed by atoms with Gasteiger partial charge in [0, 0.05) is 39.0 Å². The molecule has 0 aliphatic carbocycles. The molecule has 0 spiro atoms. The van der Waals surface area contributed by atoms with E-state index < -0.39 is 11.5 Å². The fourth-order valence-corrected chi connectivity index (χ4v) is 1.68. The lowest BCUT2D eigenvalue weighted by Gasteiger charge is -2.27. The van der Waals surface area contributed by atoms with Crippen LogP contribution in [-0.4, -0.2) is 34.3 Å². The minimum atomic E-state index is -0.988. The van der Waals surface area contributed by atoms with Crippen molar-refractivity contribution in [1.29, 1.82) is 0 Å². The first kappa shape index (κ1) is 12.7. The molecule has 90 valence electrons. The Hall–Kier alpha value is -1.36. The summed E-state index contributed by atoms with van der Waals surface area (Å²) < 4.78 is 6.68. The maximum absolute atomic E-state index is 11.4. The number of ether oxygens (including phenoxy) is 1. The van der Waals surface area contributed by atoms with Crippen LogP contribution in [0.25, 0.3) is 0 Å². The number of hydrogen-bond donors (Lipinski definition) is 1. The molecule has 0 aromatic carbocycles. The molecular formula is C11H18N2O3. The minimum absolute atomic E-state index is 0.407. The fourth-order valence-electron chi connectivity index (χ4n) is 1.68. The quantitative estimate of drug-likeness (QED) is 0.793. The predicted molar refractivity (Wildman–Crippen MR) is 59.4 cm³/mol. The van der Waals surface area contributed by atoms with Crippen LogP contribution in [0, 0.1) is 0 Å². The van der Waals surface area contributed by atoms with Gasteiger partial charge in [-0.2, -0.15) is 0 Å². The van der Waals surface area contributed by atoms with E-state index in [0.717, 1.165) is 5.82 Å². The smallest absolute Gasteiger partial charge is 0.329 e. The third kappa shape index (κ3) is 2.24. The zero-order chi connectivity index (χ0) is 12.2. The van der Waals surface area contributed by atoms with E-state index in [-0.39, 0.29) is 0 Å². The second-order valence-corrected chi connectivity index (χ2v) is 3.89. The van der Waals surface area contributed by atoms with Crippen molar-refractivity contribution in [2.24, 2.45) is 0 Å². The van der Waals surface area contributed by atoms with Gasteiger partial charge in [0.25, 0.3) is 0 Å². The number of imidazole rings is 1. The van der Waals surface area contributed by atoms with E-state index in [0.29, 0.717) is 19.4 Å². The van der Waals surface area contributed by atoms with Gasteiger partial charge in [0.2, 0.25) is 0 Å². The second kappa shape index (κ2) is 5.12. The number of methoxy groups -OCH3 is 1. The molecule has 0 aliphatic heterocycles. The van der Waals surface area contributed by atoms with Gasteiger partial charge < -0.3 is 14.4 Å². The normalized spacial score (nSPS) is 14.7. The average molecular weight is 226 g/mol. The van der Waals surface area contributed by atoms with Crippen LogP contribution >= 0.6 is 0 Å². The Balaban J connectivity index is 3.06. The Morgan fingerprint density at radius 1 is 1.69 bits per heavy atom. The highest BCUT2D eigenvalue weighted by Gasteiger charge is 2.35. The van der Waals surface area contributed by atoms with Gasteiger partial charge in [-0.15, -0.1) is 0 Å². The number of nitrogens with zero attached hydrogens (tertiary/aromatic N) is 2. The van der Waals surface area contributed by atoms with Crippen molar-refractivity contribution in [1.82, 2.24) is 9.55 Å². The summed E-state index contributed by atoms with van der Waals surface area (Å²) in [5.41, 5.74) is -0.988. The minimum Gasteiger partial charge on any atom is -0.479 e. The van der Waals surface area contributed by atoms with Crippen molar-refractivity contribution in [3.63, 3.8) is 0 Å². The first-order chi connectivity index (χ1) is 7.56. The molecule has 0 aliphatic rings. The van der Waals surface area contributed by atoms with Gasteiger partial charge in [-0.05, 0) is 6.92 Å². The number of rotatable bonds is 6. The van der Waals surface area contributed by atoms with Crippen LogP contribution in [0.1, 0.15) is 26.1 Å². The summed E-state index contributed by atoms with van der Waals surface area (Å²) in [4.78, 5) is 15.5. The summed E-state index contributed by atoms with van der Waals surface area (Å²) in [6.45, 7) is 4.05. The molecule has 0 radical (unpaired) electrons. The summed E-state index contributed by atoms with van der Waals surface area (Å²) in [6.07, 6.45) is 4.47. The molecule has 5 heteroatoms. The van der Waals surface area contributed by atoms with Gasteiger partial charge in [0.1, 0.15) is 11.4 Å². The Bertz CT molecular complexity index is 362. The van der Waals surface area contributed by atoms with Gasteiger partial charge in [-0.1, -0.05) is 6.92 Å². The topological polar surface area (TPSA) is 64.4 Å². The summed E-state index contributed by atoms with van der Waals surface area (Å²) in [5.74, 6) is -0.0850. The van der Waals surface area contributed by atoms with Crippen LogP contribution in [0.15, 0.2) is 12.4 Å². The molecule has 1 rings (SSSR count). The second-order valence-electron chi connectivity index (χ2n) is 3.89. The lowest BCUT2D eigenvalue weighted by atomic mass is 9.98.